The van der Waals surface area contributed by atoms with Crippen LogP contribution in [0.1, 0.15) is 28.0 Å². The molecule has 1 rings (SSSR count). The maximum Gasteiger partial charge on any atom is 0.340 e. The number of carbonyl (C=O) groups excluding carboxylic acids is 1. The monoisotopic (exact) mass is 361 g/mol. The predicted molar refractivity (Wildman–Crippen MR) is 62.8 cm³/mol. The fraction of sp³-hybridized carbons (Fsp3) is 0.333. The largest absolute Gasteiger partial charge is 0.465 e. The number of rotatable bonds is 3. The molecule has 0 aliphatic heterocycles. The molecule has 16 heavy (non-hydrogen) atoms. The van der Waals surface area contributed by atoms with E-state index >= 15 is 0 Å². The topological polar surface area (TPSA) is 39.2 Å². The first-order chi connectivity index (χ1) is 7.52. The van der Waals surface area contributed by atoms with Gasteiger partial charge in [0.25, 0.3) is 6.43 Å². The third kappa shape index (κ3) is 2.60. The summed E-state index contributed by atoms with van der Waals surface area (Å²) >= 11 is 7.51. The molecule has 0 amide bonds. The number of nitrogens with zero attached hydrogens (tertiary/aromatic N) is 1. The van der Waals surface area contributed by atoms with Crippen molar-refractivity contribution in [3.05, 3.63) is 26.6 Å². The van der Waals surface area contributed by atoms with E-state index in [0.29, 0.717) is 9.13 Å². The summed E-state index contributed by atoms with van der Waals surface area (Å²) in [5.74, 6) is -0.901. The normalized spacial score (nSPS) is 10.6. The Balaban J connectivity index is 3.47. The highest BCUT2D eigenvalue weighted by atomic mass is 127. The molecule has 7 heteroatoms. The molecule has 0 atom stereocenters. The van der Waals surface area contributed by atoms with E-state index in [9.17, 15) is 13.6 Å². The quantitative estimate of drug-likeness (QED) is 0.472. The van der Waals surface area contributed by atoms with Gasteiger partial charge in [0.05, 0.1) is 12.7 Å². The zero-order chi connectivity index (χ0) is 12.3. The highest BCUT2D eigenvalue weighted by molar-refractivity contribution is 14.1. The highest BCUT2D eigenvalue weighted by Crippen LogP contribution is 2.28. The Morgan fingerprint density at radius 3 is 2.75 bits per heavy atom. The molecule has 0 saturated heterocycles. The number of methoxy groups -OCH3 is 1. The van der Waals surface area contributed by atoms with E-state index < -0.39 is 18.1 Å². The van der Waals surface area contributed by atoms with Crippen molar-refractivity contribution in [3.63, 3.8) is 0 Å². The Morgan fingerprint density at radius 1 is 1.69 bits per heavy atom. The molecule has 1 aromatic rings. The summed E-state index contributed by atoms with van der Waals surface area (Å²) in [5, 5.41) is 0. The highest BCUT2D eigenvalue weighted by Gasteiger charge is 2.25. The van der Waals surface area contributed by atoms with Gasteiger partial charge in [-0.05, 0) is 28.2 Å². The van der Waals surface area contributed by atoms with E-state index in [2.05, 4.69) is 9.72 Å². The number of hydrogen-bond acceptors (Lipinski definition) is 3. The van der Waals surface area contributed by atoms with Crippen molar-refractivity contribution >= 4 is 40.2 Å². The van der Waals surface area contributed by atoms with Crippen LogP contribution in [0.5, 0.6) is 0 Å². The van der Waals surface area contributed by atoms with E-state index in [0.717, 1.165) is 7.11 Å². The molecule has 0 bridgehead atoms. The van der Waals surface area contributed by atoms with Gasteiger partial charge < -0.3 is 4.74 Å². The van der Waals surface area contributed by atoms with Crippen LogP contribution >= 0.6 is 34.2 Å². The fourth-order valence-electron chi connectivity index (χ4n) is 1.17. The first-order valence-electron chi connectivity index (χ1n) is 4.12. The lowest BCUT2D eigenvalue weighted by atomic mass is 10.1. The van der Waals surface area contributed by atoms with Crippen molar-refractivity contribution in [2.75, 3.05) is 7.11 Å². The molecule has 1 heterocycles. The van der Waals surface area contributed by atoms with Crippen LogP contribution < -0.4 is 0 Å². The minimum Gasteiger partial charge on any atom is -0.465 e. The van der Waals surface area contributed by atoms with Crippen LogP contribution in [0.4, 0.5) is 8.78 Å². The second kappa shape index (κ2) is 5.72. The SMILES string of the molecule is COC(=O)c1c(C(F)F)ncc(I)c1CCl. The number of aromatic nitrogens is 1. The lowest BCUT2D eigenvalue weighted by molar-refractivity contribution is 0.0586. The van der Waals surface area contributed by atoms with Gasteiger partial charge in [-0.15, -0.1) is 11.6 Å². The molecular weight excluding hydrogens is 354 g/mol. The number of carbonyl (C=O) groups is 1. The van der Waals surface area contributed by atoms with Gasteiger partial charge >= 0.3 is 5.97 Å². The number of hydrogen-bond donors (Lipinski definition) is 0. The van der Waals surface area contributed by atoms with Gasteiger partial charge in [0.2, 0.25) is 0 Å². The van der Waals surface area contributed by atoms with Gasteiger partial charge in [-0.1, -0.05) is 0 Å². The van der Waals surface area contributed by atoms with E-state index in [4.69, 9.17) is 11.6 Å². The van der Waals surface area contributed by atoms with E-state index in [-0.39, 0.29) is 11.4 Å². The van der Waals surface area contributed by atoms with Gasteiger partial charge in [0.1, 0.15) is 5.69 Å². The smallest absolute Gasteiger partial charge is 0.340 e. The number of esters is 1. The average Bonchev–Trinajstić information content (AvgIpc) is 2.27. The van der Waals surface area contributed by atoms with Crippen LogP contribution in [0.2, 0.25) is 0 Å². The third-order valence-corrected chi connectivity index (χ3v) is 3.09. The van der Waals surface area contributed by atoms with Crippen LogP contribution in [0.25, 0.3) is 0 Å². The molecule has 0 aromatic carbocycles. The lowest BCUT2D eigenvalue weighted by Gasteiger charge is -2.11. The summed E-state index contributed by atoms with van der Waals surface area (Å²) in [5.41, 5.74) is -0.512. The van der Waals surface area contributed by atoms with E-state index in [1.807, 2.05) is 22.6 Å². The molecular formula is C9H7ClF2INO2. The van der Waals surface area contributed by atoms with Crippen molar-refractivity contribution in [2.24, 2.45) is 0 Å². The average molecular weight is 362 g/mol. The maximum absolute atomic E-state index is 12.7. The number of halogens is 4. The van der Waals surface area contributed by atoms with Gasteiger partial charge in [-0.25, -0.2) is 13.6 Å². The Kier molecular flexibility index (Phi) is 4.85. The zero-order valence-corrected chi connectivity index (χ0v) is 11.1. The molecule has 0 radical (unpaired) electrons. The van der Waals surface area contributed by atoms with Crippen LogP contribution in [0, 0.1) is 3.57 Å². The van der Waals surface area contributed by atoms with Crippen molar-refractivity contribution in [1.82, 2.24) is 4.98 Å². The van der Waals surface area contributed by atoms with Crippen LogP contribution in [-0.2, 0) is 10.6 Å². The molecule has 0 aliphatic rings. The molecule has 3 nitrogen and oxygen atoms in total. The number of pyridine rings is 1. The predicted octanol–water partition coefficient (Wildman–Crippen LogP) is 3.15. The molecule has 0 unspecified atom stereocenters. The fourth-order valence-corrected chi connectivity index (χ4v) is 2.27. The molecule has 0 spiro atoms. The van der Waals surface area contributed by atoms with E-state index in [1.54, 1.807) is 0 Å². The second-order valence-electron chi connectivity index (χ2n) is 2.77. The van der Waals surface area contributed by atoms with Crippen molar-refractivity contribution < 1.29 is 18.3 Å². The lowest BCUT2D eigenvalue weighted by Crippen LogP contribution is -2.13. The molecule has 0 N–H and O–H groups in total. The van der Waals surface area contributed by atoms with Gasteiger partial charge in [-0.2, -0.15) is 0 Å². The minimum absolute atomic E-state index is 0.0506. The summed E-state index contributed by atoms with van der Waals surface area (Å²) in [6.45, 7) is 0. The Morgan fingerprint density at radius 2 is 2.31 bits per heavy atom. The van der Waals surface area contributed by atoms with Crippen molar-refractivity contribution in [3.8, 4) is 0 Å². The first-order valence-corrected chi connectivity index (χ1v) is 5.74. The van der Waals surface area contributed by atoms with Gasteiger partial charge in [0.15, 0.2) is 0 Å². The zero-order valence-electron chi connectivity index (χ0n) is 8.14. The molecule has 0 saturated carbocycles. The van der Waals surface area contributed by atoms with Crippen LogP contribution in [0.3, 0.4) is 0 Å². The summed E-state index contributed by atoms with van der Waals surface area (Å²) < 4.78 is 30.3. The molecule has 0 fully saturated rings. The Bertz CT molecular complexity index is 415. The maximum atomic E-state index is 12.7. The van der Waals surface area contributed by atoms with Gasteiger partial charge in [-0.3, -0.25) is 4.98 Å². The Hall–Kier alpha value is -0.500. The second-order valence-corrected chi connectivity index (χ2v) is 4.20. The minimum atomic E-state index is -2.84. The summed E-state index contributed by atoms with van der Waals surface area (Å²) in [6.07, 6.45) is -1.58. The molecule has 88 valence electrons. The van der Waals surface area contributed by atoms with Crippen molar-refractivity contribution in [2.45, 2.75) is 12.3 Å². The number of ether oxygens (including phenoxy) is 1. The summed E-state index contributed by atoms with van der Waals surface area (Å²) in [6, 6.07) is 0. The standard InChI is InChI=1S/C9H7ClF2INO2/c1-16-9(15)6-4(2-10)5(13)3-14-7(6)8(11)12/h3,8H,2H2,1H3. The van der Waals surface area contributed by atoms with Crippen LogP contribution in [-0.4, -0.2) is 18.1 Å². The van der Waals surface area contributed by atoms with Gasteiger partial charge in [0, 0.05) is 15.6 Å². The van der Waals surface area contributed by atoms with Crippen LogP contribution in [0.15, 0.2) is 6.20 Å². The third-order valence-electron chi connectivity index (χ3n) is 1.89. The first kappa shape index (κ1) is 13.6. The molecule has 1 aromatic heterocycles. The number of alkyl halides is 3. The van der Waals surface area contributed by atoms with E-state index in [1.165, 1.54) is 6.20 Å². The summed E-state index contributed by atoms with van der Waals surface area (Å²) in [7, 11) is 1.12. The van der Waals surface area contributed by atoms with Crippen molar-refractivity contribution in [1.29, 1.82) is 0 Å². The molecule has 0 aliphatic carbocycles. The Labute approximate surface area is 109 Å². The summed E-state index contributed by atoms with van der Waals surface area (Å²) in [4.78, 5) is 15.0.